The van der Waals surface area contributed by atoms with Crippen molar-refractivity contribution in [3.8, 4) is 0 Å². The second kappa shape index (κ2) is 5.26. The van der Waals surface area contributed by atoms with Gasteiger partial charge >= 0.3 is 0 Å². The van der Waals surface area contributed by atoms with Gasteiger partial charge in [-0.2, -0.15) is 0 Å². The molecule has 0 heterocycles. The molecule has 0 unspecified atom stereocenters. The highest BCUT2D eigenvalue weighted by Crippen LogP contribution is 2.38. The minimum Gasteiger partial charge on any atom is -0.414 e. The van der Waals surface area contributed by atoms with E-state index in [0.717, 1.165) is 6.29 Å². The van der Waals surface area contributed by atoms with Crippen LogP contribution in [-0.2, 0) is 9.22 Å². The van der Waals surface area contributed by atoms with Gasteiger partial charge in [0, 0.05) is 12.5 Å². The van der Waals surface area contributed by atoms with Crippen LogP contribution in [0, 0.1) is 5.92 Å². The standard InChI is InChI=1S/C12H26O2Si/c1-10(8-9-13)11(2)14-15(6,7)12(3,4)5/h9-11H,8H2,1-7H3/t10-,11+/m0/s1. The lowest BCUT2D eigenvalue weighted by atomic mass is 10.0. The summed E-state index contributed by atoms with van der Waals surface area (Å²) < 4.78 is 6.20. The van der Waals surface area contributed by atoms with Crippen molar-refractivity contribution < 1.29 is 9.22 Å². The minimum absolute atomic E-state index is 0.177. The van der Waals surface area contributed by atoms with Gasteiger partial charge < -0.3 is 9.22 Å². The third-order valence-electron chi connectivity index (χ3n) is 3.56. The molecule has 90 valence electrons. The van der Waals surface area contributed by atoms with E-state index in [2.05, 4.69) is 47.7 Å². The highest BCUT2D eigenvalue weighted by molar-refractivity contribution is 6.74. The molecule has 0 saturated carbocycles. The molecule has 0 fully saturated rings. The van der Waals surface area contributed by atoms with Crippen molar-refractivity contribution in [2.45, 2.75) is 65.3 Å². The van der Waals surface area contributed by atoms with E-state index in [0.29, 0.717) is 12.3 Å². The van der Waals surface area contributed by atoms with Crippen LogP contribution in [0.5, 0.6) is 0 Å². The fourth-order valence-electron chi connectivity index (χ4n) is 1.10. The summed E-state index contributed by atoms with van der Waals surface area (Å²) >= 11 is 0. The van der Waals surface area contributed by atoms with Gasteiger partial charge in [-0.05, 0) is 31.0 Å². The average Bonchev–Trinajstić information content (AvgIpc) is 2.01. The predicted octanol–water partition coefficient (Wildman–Crippen LogP) is 3.62. The maximum absolute atomic E-state index is 10.4. The molecule has 0 aromatic carbocycles. The van der Waals surface area contributed by atoms with Gasteiger partial charge in [0.1, 0.15) is 6.29 Å². The SMILES string of the molecule is C[C@@H](CC=O)[C@@H](C)O[Si](C)(C)C(C)(C)C. The molecular formula is C12H26O2Si. The lowest BCUT2D eigenvalue weighted by molar-refractivity contribution is -0.109. The Morgan fingerprint density at radius 1 is 1.27 bits per heavy atom. The Labute approximate surface area is 95.5 Å². The van der Waals surface area contributed by atoms with Crippen LogP contribution in [0.15, 0.2) is 0 Å². The zero-order chi connectivity index (χ0) is 12.3. The van der Waals surface area contributed by atoms with Crippen LogP contribution in [0.4, 0.5) is 0 Å². The molecule has 0 aromatic rings. The van der Waals surface area contributed by atoms with E-state index in [1.807, 2.05) is 0 Å². The van der Waals surface area contributed by atoms with E-state index in [9.17, 15) is 4.79 Å². The summed E-state index contributed by atoms with van der Waals surface area (Å²) in [6.07, 6.45) is 1.75. The van der Waals surface area contributed by atoms with Crippen LogP contribution < -0.4 is 0 Å². The van der Waals surface area contributed by atoms with Crippen LogP contribution in [0.1, 0.15) is 41.0 Å². The van der Waals surface area contributed by atoms with Crippen LogP contribution in [0.3, 0.4) is 0 Å². The zero-order valence-electron chi connectivity index (χ0n) is 11.3. The highest BCUT2D eigenvalue weighted by Gasteiger charge is 2.39. The third-order valence-corrected chi connectivity index (χ3v) is 8.13. The second-order valence-electron chi connectivity index (χ2n) is 5.96. The van der Waals surface area contributed by atoms with Gasteiger partial charge in [0.05, 0.1) is 0 Å². The second-order valence-corrected chi connectivity index (χ2v) is 10.7. The number of hydrogen-bond acceptors (Lipinski definition) is 2. The smallest absolute Gasteiger partial charge is 0.192 e. The third kappa shape index (κ3) is 4.47. The average molecular weight is 230 g/mol. The molecule has 0 spiro atoms. The van der Waals surface area contributed by atoms with Gasteiger partial charge in [-0.3, -0.25) is 0 Å². The van der Waals surface area contributed by atoms with Crippen molar-refractivity contribution in [2.24, 2.45) is 5.92 Å². The molecule has 3 heteroatoms. The van der Waals surface area contributed by atoms with Crippen molar-refractivity contribution in [1.82, 2.24) is 0 Å². The Kier molecular flexibility index (Phi) is 5.20. The van der Waals surface area contributed by atoms with Crippen molar-refractivity contribution in [2.75, 3.05) is 0 Å². The molecule has 0 N–H and O–H groups in total. The molecule has 0 saturated heterocycles. The first kappa shape index (κ1) is 14.8. The number of aldehydes is 1. The van der Waals surface area contributed by atoms with Crippen molar-refractivity contribution in [3.63, 3.8) is 0 Å². The molecule has 0 aliphatic rings. The number of carbonyl (C=O) groups excluding carboxylic acids is 1. The lowest BCUT2D eigenvalue weighted by Crippen LogP contribution is -2.44. The van der Waals surface area contributed by atoms with Gasteiger partial charge in [-0.25, -0.2) is 0 Å². The van der Waals surface area contributed by atoms with Gasteiger partial charge in [0.15, 0.2) is 8.32 Å². The quantitative estimate of drug-likeness (QED) is 0.532. The Bertz CT molecular complexity index is 206. The van der Waals surface area contributed by atoms with Gasteiger partial charge in [0.25, 0.3) is 0 Å². The molecule has 0 rings (SSSR count). The molecule has 0 aromatic heterocycles. The molecule has 0 bridgehead atoms. The molecule has 0 amide bonds. The highest BCUT2D eigenvalue weighted by atomic mass is 28.4. The van der Waals surface area contributed by atoms with E-state index in [1.54, 1.807) is 0 Å². The summed E-state index contributed by atoms with van der Waals surface area (Å²) in [5.74, 6) is 0.316. The van der Waals surface area contributed by atoms with Gasteiger partial charge in [0.2, 0.25) is 0 Å². The molecule has 2 atom stereocenters. The summed E-state index contributed by atoms with van der Waals surface area (Å²) in [6.45, 7) is 15.3. The number of hydrogen-bond donors (Lipinski definition) is 0. The van der Waals surface area contributed by atoms with Crippen LogP contribution in [-0.4, -0.2) is 20.7 Å². The summed E-state index contributed by atoms with van der Waals surface area (Å²) in [5, 5.41) is 0.238. The fraction of sp³-hybridized carbons (Fsp3) is 0.917. The minimum atomic E-state index is -1.68. The first-order chi connectivity index (χ1) is 6.62. The van der Waals surface area contributed by atoms with Crippen LogP contribution >= 0.6 is 0 Å². The topological polar surface area (TPSA) is 26.3 Å². The lowest BCUT2D eigenvalue weighted by Gasteiger charge is -2.39. The number of rotatable bonds is 5. The maximum Gasteiger partial charge on any atom is 0.192 e. The van der Waals surface area contributed by atoms with E-state index in [1.165, 1.54) is 0 Å². The summed E-state index contributed by atoms with van der Waals surface area (Å²) in [6, 6.07) is 0. The Balaban J connectivity index is 4.39. The summed E-state index contributed by atoms with van der Waals surface area (Å²) in [5.41, 5.74) is 0. The van der Waals surface area contributed by atoms with Crippen molar-refractivity contribution in [3.05, 3.63) is 0 Å². The van der Waals surface area contributed by atoms with Crippen molar-refractivity contribution >= 4 is 14.6 Å². The maximum atomic E-state index is 10.4. The summed E-state index contributed by atoms with van der Waals surface area (Å²) in [4.78, 5) is 10.4. The fourth-order valence-corrected chi connectivity index (χ4v) is 2.62. The Hall–Kier alpha value is -0.153. The molecule has 15 heavy (non-hydrogen) atoms. The normalized spacial score (nSPS) is 17.3. The molecular weight excluding hydrogens is 204 g/mol. The van der Waals surface area contributed by atoms with E-state index in [-0.39, 0.29) is 11.1 Å². The molecule has 0 aliphatic heterocycles. The number of carbonyl (C=O) groups is 1. The van der Waals surface area contributed by atoms with E-state index < -0.39 is 8.32 Å². The van der Waals surface area contributed by atoms with E-state index in [4.69, 9.17) is 4.43 Å². The molecule has 0 radical (unpaired) electrons. The first-order valence-corrected chi connectivity index (χ1v) is 8.64. The molecule has 0 aliphatic carbocycles. The summed E-state index contributed by atoms with van der Waals surface area (Å²) in [7, 11) is -1.68. The van der Waals surface area contributed by atoms with E-state index >= 15 is 0 Å². The van der Waals surface area contributed by atoms with Crippen LogP contribution in [0.25, 0.3) is 0 Å². The Morgan fingerprint density at radius 2 is 1.73 bits per heavy atom. The van der Waals surface area contributed by atoms with Gasteiger partial charge in [-0.15, -0.1) is 0 Å². The largest absolute Gasteiger partial charge is 0.414 e. The Morgan fingerprint density at radius 3 is 2.07 bits per heavy atom. The zero-order valence-corrected chi connectivity index (χ0v) is 12.3. The molecule has 2 nitrogen and oxygen atoms in total. The van der Waals surface area contributed by atoms with Crippen LogP contribution in [0.2, 0.25) is 18.1 Å². The predicted molar refractivity (Wildman–Crippen MR) is 67.6 cm³/mol. The first-order valence-electron chi connectivity index (χ1n) is 5.73. The monoisotopic (exact) mass is 230 g/mol. The van der Waals surface area contributed by atoms with Crippen molar-refractivity contribution in [1.29, 1.82) is 0 Å². The van der Waals surface area contributed by atoms with Gasteiger partial charge in [-0.1, -0.05) is 27.7 Å².